The maximum absolute atomic E-state index is 11.7. The van der Waals surface area contributed by atoms with E-state index in [1.807, 2.05) is 13.8 Å². The number of nitrogens with one attached hydrogen (secondary N) is 1. The molecule has 0 saturated heterocycles. The van der Waals surface area contributed by atoms with Crippen molar-refractivity contribution >= 4 is 18.6 Å². The van der Waals surface area contributed by atoms with Gasteiger partial charge in [-0.3, -0.25) is 19.2 Å². The Morgan fingerprint density at radius 2 is 0.929 bits per heavy atom. The Kier molecular flexibility index (Phi) is 48.9. The van der Waals surface area contributed by atoms with Crippen LogP contribution in [0, 0.1) is 18.8 Å². The highest BCUT2D eigenvalue weighted by atomic mass is 16.5. The number of ether oxygens (including phenoxy) is 1. The Bertz CT molecular complexity index is 992. The molecule has 1 aromatic carbocycles. The van der Waals surface area contributed by atoms with Crippen molar-refractivity contribution in [3.8, 4) is 0 Å². The lowest BCUT2D eigenvalue weighted by Crippen LogP contribution is -2.37. The van der Waals surface area contributed by atoms with Crippen molar-refractivity contribution in [3.05, 3.63) is 26.0 Å². The minimum Gasteiger partial charge on any atom is -0.483 e. The monoisotopic (exact) mass is 795 g/mol. The summed E-state index contributed by atoms with van der Waals surface area (Å²) in [5, 5.41) is 10.1. The van der Waals surface area contributed by atoms with Crippen molar-refractivity contribution < 1.29 is 19.4 Å². The average Bonchev–Trinajstić information content (AvgIpc) is 3.22. The third-order valence-electron chi connectivity index (χ3n) is 10.8. The van der Waals surface area contributed by atoms with E-state index in [4.69, 9.17) is 14.6 Å². The van der Waals surface area contributed by atoms with Gasteiger partial charge in [0, 0.05) is 12.1 Å². The molecule has 0 heterocycles. The molecule has 0 spiro atoms. The first-order valence-electron chi connectivity index (χ1n) is 23.7. The molecule has 0 radical (unpaired) electrons. The first kappa shape index (κ1) is 58.1. The maximum atomic E-state index is 11.7. The minimum absolute atomic E-state index is 0.250. The van der Waals surface area contributed by atoms with Gasteiger partial charge in [-0.05, 0) is 64.1 Å². The van der Waals surface area contributed by atoms with Crippen molar-refractivity contribution in [1.82, 2.24) is 4.90 Å². The molecule has 0 unspecified atom stereocenters. The molecule has 0 aromatic heterocycles. The van der Waals surface area contributed by atoms with Crippen LogP contribution in [-0.4, -0.2) is 55.7 Å². The van der Waals surface area contributed by atoms with Crippen LogP contribution in [0.15, 0.2) is 9.59 Å². The van der Waals surface area contributed by atoms with Crippen molar-refractivity contribution in [3.63, 3.8) is 0 Å². The molecule has 8 nitrogen and oxygen atoms in total. The summed E-state index contributed by atoms with van der Waals surface area (Å²) in [5.74, 6) is 1.74. The molecule has 0 saturated carbocycles. The molecule has 0 bridgehead atoms. The fraction of sp³-hybridized carbons (Fsp3) is 0.875. The number of carbonyl (C=O) groups excluding carboxylic acids is 1. The number of hydrogen-bond acceptors (Lipinski definition) is 7. The number of carboxylic acid groups (broad SMARTS) is 1. The zero-order valence-electron chi connectivity index (χ0n) is 38.4. The zero-order valence-corrected chi connectivity index (χ0v) is 38.4. The molecular formula is C48H94N2O6. The number of unbranched alkanes of at least 4 members (excludes halogenated alkanes) is 14. The first-order valence-corrected chi connectivity index (χ1v) is 23.7. The third-order valence-corrected chi connectivity index (χ3v) is 10.8. The van der Waals surface area contributed by atoms with Crippen LogP contribution in [0.2, 0.25) is 0 Å². The smallest absolute Gasteiger partial charge is 0.293 e. The van der Waals surface area contributed by atoms with Gasteiger partial charge in [-0.2, -0.15) is 0 Å². The van der Waals surface area contributed by atoms with Crippen LogP contribution < -0.4 is 16.2 Å². The van der Waals surface area contributed by atoms with Gasteiger partial charge in [-0.25, -0.2) is 0 Å². The van der Waals surface area contributed by atoms with Crippen molar-refractivity contribution in [2.75, 3.05) is 38.1 Å². The van der Waals surface area contributed by atoms with E-state index in [0.717, 1.165) is 37.8 Å². The molecule has 0 aliphatic carbocycles. The summed E-state index contributed by atoms with van der Waals surface area (Å²) in [5.41, 5.74) is 0.500. The van der Waals surface area contributed by atoms with Gasteiger partial charge in [-0.15, -0.1) is 0 Å². The predicted molar refractivity (Wildman–Crippen MR) is 243 cm³/mol. The van der Waals surface area contributed by atoms with Crippen molar-refractivity contribution in [2.24, 2.45) is 11.8 Å². The Balaban J connectivity index is -0.00000123. The van der Waals surface area contributed by atoms with Gasteiger partial charge in [0.1, 0.15) is 0 Å². The van der Waals surface area contributed by atoms with Gasteiger partial charge in [0.2, 0.25) is 10.9 Å². The Morgan fingerprint density at radius 1 is 0.554 bits per heavy atom. The summed E-state index contributed by atoms with van der Waals surface area (Å²) in [6.07, 6.45) is 36.0. The van der Waals surface area contributed by atoms with Crippen molar-refractivity contribution in [1.29, 1.82) is 0 Å². The van der Waals surface area contributed by atoms with Crippen LogP contribution in [0.3, 0.4) is 0 Å². The maximum Gasteiger partial charge on any atom is 0.293 e. The summed E-state index contributed by atoms with van der Waals surface area (Å²) in [7, 11) is 0. The second-order valence-corrected chi connectivity index (χ2v) is 15.6. The molecule has 0 aliphatic heterocycles. The number of anilines is 1. The molecule has 0 atom stereocenters. The summed E-state index contributed by atoms with van der Waals surface area (Å²) >= 11 is 0. The molecule has 2 N–H and O–H groups in total. The van der Waals surface area contributed by atoms with E-state index in [1.54, 1.807) is 6.92 Å². The number of nitrogens with zero attached hydrogens (tertiary/aromatic N) is 1. The predicted octanol–water partition coefficient (Wildman–Crippen LogP) is 13.1. The van der Waals surface area contributed by atoms with E-state index in [0.29, 0.717) is 24.3 Å². The van der Waals surface area contributed by atoms with Crippen molar-refractivity contribution in [2.45, 2.75) is 229 Å². The number of carbonyl (C=O) groups is 2. The zero-order chi connectivity index (χ0) is 42.5. The molecule has 0 amide bonds. The van der Waals surface area contributed by atoms with Gasteiger partial charge in [0.25, 0.3) is 12.9 Å². The van der Waals surface area contributed by atoms with Gasteiger partial charge in [0.15, 0.2) is 0 Å². The molecule has 0 fully saturated rings. The largest absolute Gasteiger partial charge is 0.483 e. The second-order valence-electron chi connectivity index (χ2n) is 15.6. The van der Waals surface area contributed by atoms with Gasteiger partial charge in [0.05, 0.1) is 12.3 Å². The van der Waals surface area contributed by atoms with E-state index in [1.165, 1.54) is 174 Å². The van der Waals surface area contributed by atoms with E-state index in [9.17, 15) is 14.4 Å². The molecule has 56 heavy (non-hydrogen) atoms. The lowest BCUT2D eigenvalue weighted by atomic mass is 9.90. The molecule has 1 rings (SSSR count). The molecule has 0 aliphatic rings. The quantitative estimate of drug-likeness (QED) is 0.0389. The standard InChI is InChI=1S/C33H62N2O2.C12H24O2.C2H6.CH2O2/c1-5-8-11-12-16-19-26-35(28-21-25-34-31-29(4)32(36)33(31)37)27-20-17-14-13-15-18-24-30(22-9-6-2)23-10-7-3;1-3-5-7-12(8-6-4-2)9-10-14-11-13;1-2;2-1-3/h30,34H,5-28H2,1-4H3;11-12H,3-10H2,1-2H3;1-2H3;1H,(H,2,3). The van der Waals surface area contributed by atoms with Gasteiger partial charge >= 0.3 is 0 Å². The highest BCUT2D eigenvalue weighted by Crippen LogP contribution is 2.23. The minimum atomic E-state index is -0.334. The van der Waals surface area contributed by atoms with Crippen LogP contribution >= 0.6 is 0 Å². The van der Waals surface area contributed by atoms with E-state index >= 15 is 0 Å². The fourth-order valence-corrected chi connectivity index (χ4v) is 7.28. The van der Waals surface area contributed by atoms with E-state index in [-0.39, 0.29) is 17.3 Å². The number of rotatable bonds is 37. The van der Waals surface area contributed by atoms with Gasteiger partial charge in [-0.1, -0.05) is 196 Å². The first-order chi connectivity index (χ1) is 27.3. The van der Waals surface area contributed by atoms with Crippen LogP contribution in [0.5, 0.6) is 0 Å². The van der Waals surface area contributed by atoms with Crippen LogP contribution in [-0.2, 0) is 14.3 Å². The summed E-state index contributed by atoms with van der Waals surface area (Å²) in [6.45, 7) is 22.3. The normalized spacial score (nSPS) is 10.8. The highest BCUT2D eigenvalue weighted by molar-refractivity contribution is 5.55. The molecule has 1 aromatic rings. The van der Waals surface area contributed by atoms with E-state index < -0.39 is 0 Å². The van der Waals surface area contributed by atoms with E-state index in [2.05, 4.69) is 44.8 Å². The lowest BCUT2D eigenvalue weighted by molar-refractivity contribution is -0.129. The van der Waals surface area contributed by atoms with Gasteiger partial charge < -0.3 is 20.1 Å². The number of hydrogen-bond donors (Lipinski definition) is 2. The molecular weight excluding hydrogens is 701 g/mol. The Hall–Kier alpha value is -2.22. The Morgan fingerprint density at radius 3 is 1.36 bits per heavy atom. The lowest BCUT2D eigenvalue weighted by Gasteiger charge is -2.23. The van der Waals surface area contributed by atoms with Crippen LogP contribution in [0.25, 0.3) is 0 Å². The second kappa shape index (κ2) is 47.2. The summed E-state index contributed by atoms with van der Waals surface area (Å²) in [6, 6.07) is 0. The fourth-order valence-electron chi connectivity index (χ4n) is 7.28. The van der Waals surface area contributed by atoms with Crippen LogP contribution in [0.1, 0.15) is 227 Å². The highest BCUT2D eigenvalue weighted by Gasteiger charge is 2.16. The SMILES string of the molecule is CC.CCCCC(CCCC)CCOC=O.CCCCCCCCN(CCCCCCCCC(CCCC)CCCC)CCCNc1c(C)c(=O)c1=O.O=CO. The third kappa shape index (κ3) is 36.1. The molecule has 8 heteroatoms. The topological polar surface area (TPSA) is 113 Å². The average molecular weight is 795 g/mol. The van der Waals surface area contributed by atoms with Crippen LogP contribution in [0.4, 0.5) is 5.69 Å². The summed E-state index contributed by atoms with van der Waals surface area (Å²) in [4.78, 5) is 44.1. The Labute approximate surface area is 346 Å². The summed E-state index contributed by atoms with van der Waals surface area (Å²) < 4.78 is 4.74. The molecule has 332 valence electrons.